The van der Waals surface area contributed by atoms with E-state index in [0.717, 1.165) is 5.69 Å². The van der Waals surface area contributed by atoms with E-state index in [-0.39, 0.29) is 11.8 Å². The Labute approximate surface area is 155 Å². The zero-order chi connectivity index (χ0) is 18.7. The Kier molecular flexibility index (Phi) is 5.04. The van der Waals surface area contributed by atoms with Crippen LogP contribution in [0, 0.1) is 6.92 Å². The molecule has 0 spiro atoms. The maximum absolute atomic E-state index is 12.6. The van der Waals surface area contributed by atoms with Crippen molar-refractivity contribution in [3.63, 3.8) is 0 Å². The molecule has 6 nitrogen and oxygen atoms in total. The quantitative estimate of drug-likeness (QED) is 0.740. The number of hydrogen-bond donors (Lipinski definition) is 2. The van der Waals surface area contributed by atoms with E-state index >= 15 is 0 Å². The van der Waals surface area contributed by atoms with Gasteiger partial charge < -0.3 is 10.6 Å². The van der Waals surface area contributed by atoms with Gasteiger partial charge in [0.15, 0.2) is 0 Å². The second-order valence-electron chi connectivity index (χ2n) is 5.65. The highest BCUT2D eigenvalue weighted by Crippen LogP contribution is 2.19. The first-order chi connectivity index (χ1) is 12.5. The molecule has 7 heteroatoms. The number of halogens is 1. The van der Waals surface area contributed by atoms with Gasteiger partial charge in [0.1, 0.15) is 0 Å². The van der Waals surface area contributed by atoms with Crippen LogP contribution in [0.3, 0.4) is 0 Å². The molecule has 0 radical (unpaired) electrons. The third-order valence-corrected chi connectivity index (χ3v) is 4.17. The number of amides is 2. The predicted molar refractivity (Wildman–Crippen MR) is 101 cm³/mol. The van der Waals surface area contributed by atoms with E-state index in [1.165, 1.54) is 6.20 Å². The lowest BCUT2D eigenvalue weighted by atomic mass is 10.2. The fourth-order valence-electron chi connectivity index (χ4n) is 2.55. The Morgan fingerprint density at radius 3 is 2.46 bits per heavy atom. The largest absolute Gasteiger partial charge is 0.355 e. The van der Waals surface area contributed by atoms with E-state index in [1.807, 2.05) is 19.1 Å². The van der Waals surface area contributed by atoms with Crippen LogP contribution < -0.4 is 10.6 Å². The molecule has 3 rings (SSSR count). The Hall–Kier alpha value is -3.12. The van der Waals surface area contributed by atoms with Crippen molar-refractivity contribution in [2.24, 2.45) is 0 Å². The molecule has 0 aliphatic carbocycles. The second-order valence-corrected chi connectivity index (χ2v) is 6.08. The number of nitrogens with zero attached hydrogens (tertiary/aromatic N) is 2. The molecule has 0 saturated carbocycles. The van der Waals surface area contributed by atoms with Crippen LogP contribution in [0.5, 0.6) is 0 Å². The maximum Gasteiger partial charge on any atom is 0.259 e. The first-order valence-corrected chi connectivity index (χ1v) is 8.31. The second kappa shape index (κ2) is 7.41. The number of aromatic nitrogens is 2. The van der Waals surface area contributed by atoms with Gasteiger partial charge in [0.05, 0.1) is 23.1 Å². The number of benzene rings is 2. The van der Waals surface area contributed by atoms with Crippen molar-refractivity contribution in [2.45, 2.75) is 6.92 Å². The van der Waals surface area contributed by atoms with E-state index in [0.29, 0.717) is 27.5 Å². The SMILES string of the molecule is CNC(=O)c1ccc(NC(=O)c2cnn(-c3cccc(Cl)c3)c2C)cc1. The average Bonchev–Trinajstić information content (AvgIpc) is 3.03. The molecule has 2 amide bonds. The molecule has 2 aromatic carbocycles. The fourth-order valence-corrected chi connectivity index (χ4v) is 2.73. The smallest absolute Gasteiger partial charge is 0.259 e. The summed E-state index contributed by atoms with van der Waals surface area (Å²) in [5, 5.41) is 10.2. The summed E-state index contributed by atoms with van der Waals surface area (Å²) in [4.78, 5) is 24.1. The minimum atomic E-state index is -0.275. The number of hydrogen-bond acceptors (Lipinski definition) is 3. The highest BCUT2D eigenvalue weighted by molar-refractivity contribution is 6.30. The highest BCUT2D eigenvalue weighted by atomic mass is 35.5. The van der Waals surface area contributed by atoms with Crippen molar-refractivity contribution < 1.29 is 9.59 Å². The van der Waals surface area contributed by atoms with Crippen molar-refractivity contribution >= 4 is 29.1 Å². The van der Waals surface area contributed by atoms with Gasteiger partial charge in [-0.15, -0.1) is 0 Å². The number of rotatable bonds is 4. The molecule has 1 heterocycles. The Morgan fingerprint density at radius 2 is 1.81 bits per heavy atom. The first-order valence-electron chi connectivity index (χ1n) is 7.93. The molecule has 132 valence electrons. The van der Waals surface area contributed by atoms with Gasteiger partial charge in [0.25, 0.3) is 11.8 Å². The Balaban J connectivity index is 1.80. The van der Waals surface area contributed by atoms with Gasteiger partial charge in [0.2, 0.25) is 0 Å². The summed E-state index contributed by atoms with van der Waals surface area (Å²) in [6, 6.07) is 13.9. The Bertz CT molecular complexity index is 964. The van der Waals surface area contributed by atoms with Crippen molar-refractivity contribution in [1.82, 2.24) is 15.1 Å². The van der Waals surface area contributed by atoms with Crippen LogP contribution in [-0.4, -0.2) is 28.6 Å². The molecule has 0 aliphatic rings. The maximum atomic E-state index is 12.6. The lowest BCUT2D eigenvalue weighted by Gasteiger charge is -2.07. The fraction of sp³-hybridized carbons (Fsp3) is 0.105. The molecule has 2 N–H and O–H groups in total. The Morgan fingerprint density at radius 1 is 1.08 bits per heavy atom. The van der Waals surface area contributed by atoms with Gasteiger partial charge in [-0.1, -0.05) is 17.7 Å². The normalized spacial score (nSPS) is 10.4. The van der Waals surface area contributed by atoms with Gasteiger partial charge in [-0.3, -0.25) is 9.59 Å². The van der Waals surface area contributed by atoms with Gasteiger partial charge in [-0.2, -0.15) is 5.10 Å². The average molecular weight is 369 g/mol. The lowest BCUT2D eigenvalue weighted by Crippen LogP contribution is -2.18. The summed E-state index contributed by atoms with van der Waals surface area (Å²) in [6.07, 6.45) is 1.52. The van der Waals surface area contributed by atoms with Crippen LogP contribution in [0.4, 0.5) is 5.69 Å². The van der Waals surface area contributed by atoms with E-state index < -0.39 is 0 Å². The molecule has 0 atom stereocenters. The molecular formula is C19H17ClN4O2. The van der Waals surface area contributed by atoms with Crippen LogP contribution in [0.2, 0.25) is 5.02 Å². The molecule has 0 bridgehead atoms. The number of anilines is 1. The minimum Gasteiger partial charge on any atom is -0.355 e. The van der Waals surface area contributed by atoms with E-state index in [4.69, 9.17) is 11.6 Å². The van der Waals surface area contributed by atoms with Gasteiger partial charge in [0, 0.05) is 23.3 Å². The van der Waals surface area contributed by atoms with E-state index in [9.17, 15) is 9.59 Å². The first kappa shape index (κ1) is 17.7. The topological polar surface area (TPSA) is 76.0 Å². The standard InChI is InChI=1S/C19H17ClN4O2/c1-12-17(11-22-24(12)16-5-3-4-14(20)10-16)19(26)23-15-8-6-13(7-9-15)18(25)21-2/h3-11H,1-2H3,(H,21,25)(H,23,26). The number of nitrogens with one attached hydrogen (secondary N) is 2. The van der Waals surface area contributed by atoms with Crippen LogP contribution in [0.1, 0.15) is 26.4 Å². The predicted octanol–water partition coefficient (Wildman–Crippen LogP) is 3.45. The summed E-state index contributed by atoms with van der Waals surface area (Å²) >= 11 is 6.02. The van der Waals surface area contributed by atoms with Gasteiger partial charge in [-0.05, 0) is 49.4 Å². The van der Waals surface area contributed by atoms with Crippen LogP contribution in [-0.2, 0) is 0 Å². The molecule has 0 saturated heterocycles. The molecule has 3 aromatic rings. The van der Waals surface area contributed by atoms with Gasteiger partial charge >= 0.3 is 0 Å². The van der Waals surface area contributed by atoms with Crippen LogP contribution in [0.15, 0.2) is 54.7 Å². The number of carbonyl (C=O) groups excluding carboxylic acids is 2. The highest BCUT2D eigenvalue weighted by Gasteiger charge is 2.15. The van der Waals surface area contributed by atoms with E-state index in [1.54, 1.807) is 48.1 Å². The van der Waals surface area contributed by atoms with Crippen LogP contribution in [0.25, 0.3) is 5.69 Å². The zero-order valence-corrected chi connectivity index (χ0v) is 15.0. The molecule has 26 heavy (non-hydrogen) atoms. The van der Waals surface area contributed by atoms with Gasteiger partial charge in [-0.25, -0.2) is 4.68 Å². The molecular weight excluding hydrogens is 352 g/mol. The van der Waals surface area contributed by atoms with Crippen molar-refractivity contribution in [3.05, 3.63) is 76.6 Å². The summed E-state index contributed by atoms with van der Waals surface area (Å²) in [5.74, 6) is -0.454. The van der Waals surface area contributed by atoms with Crippen LogP contribution >= 0.6 is 11.6 Å². The lowest BCUT2D eigenvalue weighted by molar-refractivity contribution is 0.0962. The van der Waals surface area contributed by atoms with Crippen molar-refractivity contribution in [3.8, 4) is 5.69 Å². The molecule has 0 fully saturated rings. The van der Waals surface area contributed by atoms with Crippen molar-refractivity contribution in [2.75, 3.05) is 12.4 Å². The zero-order valence-electron chi connectivity index (χ0n) is 14.3. The summed E-state index contributed by atoms with van der Waals surface area (Å²) in [7, 11) is 1.57. The molecule has 0 aliphatic heterocycles. The summed E-state index contributed by atoms with van der Waals surface area (Å²) in [6.45, 7) is 1.82. The summed E-state index contributed by atoms with van der Waals surface area (Å²) in [5.41, 5.74) is 3.06. The van der Waals surface area contributed by atoms with Crippen molar-refractivity contribution in [1.29, 1.82) is 0 Å². The third kappa shape index (κ3) is 3.60. The third-order valence-electron chi connectivity index (χ3n) is 3.94. The number of carbonyl (C=O) groups is 2. The molecule has 0 unspecified atom stereocenters. The van der Waals surface area contributed by atoms with E-state index in [2.05, 4.69) is 15.7 Å². The summed E-state index contributed by atoms with van der Waals surface area (Å²) < 4.78 is 1.66. The minimum absolute atomic E-state index is 0.179. The monoisotopic (exact) mass is 368 g/mol. The molecule has 1 aromatic heterocycles.